The van der Waals surface area contributed by atoms with Gasteiger partial charge in [0.1, 0.15) is 11.5 Å². The summed E-state index contributed by atoms with van der Waals surface area (Å²) in [4.78, 5) is 35.0. The van der Waals surface area contributed by atoms with Gasteiger partial charge in [-0.2, -0.15) is 0 Å². The molecular weight excluding hydrogens is 340 g/mol. The van der Waals surface area contributed by atoms with Gasteiger partial charge in [-0.1, -0.05) is 12.1 Å². The van der Waals surface area contributed by atoms with Crippen molar-refractivity contribution in [3.05, 3.63) is 54.0 Å². The molecule has 0 bridgehead atoms. The van der Waals surface area contributed by atoms with Crippen LogP contribution >= 0.6 is 0 Å². The van der Waals surface area contributed by atoms with E-state index in [2.05, 4.69) is 5.32 Å². The van der Waals surface area contributed by atoms with E-state index in [0.717, 1.165) is 5.56 Å². The van der Waals surface area contributed by atoms with Crippen LogP contribution in [0.5, 0.6) is 5.75 Å². The first-order valence-corrected chi connectivity index (χ1v) is 7.94. The number of hydrogen-bond acceptors (Lipinski definition) is 6. The summed E-state index contributed by atoms with van der Waals surface area (Å²) in [7, 11) is 0. The number of benzene rings is 1. The van der Waals surface area contributed by atoms with E-state index in [9.17, 15) is 14.4 Å². The minimum absolute atomic E-state index is 0.132. The van der Waals surface area contributed by atoms with E-state index in [1.807, 2.05) is 18.3 Å². The van der Waals surface area contributed by atoms with Crippen LogP contribution in [-0.2, 0) is 20.9 Å². The molecular formula is C18H20N2O6. The number of aryl methyl sites for hydroxylation is 1. The highest BCUT2D eigenvalue weighted by atomic mass is 16.6. The van der Waals surface area contributed by atoms with Crippen molar-refractivity contribution in [3.8, 4) is 5.75 Å². The third-order valence-electron chi connectivity index (χ3n) is 3.24. The normalized spacial score (nSPS) is 11.3. The molecule has 8 nitrogen and oxygen atoms in total. The SMILES string of the molecule is Cc1cccc(O[C@H](C)C(=O)OCC(=O)NC(=O)NCc2ccco2)c1. The monoisotopic (exact) mass is 360 g/mol. The van der Waals surface area contributed by atoms with Crippen LogP contribution in [0.2, 0.25) is 0 Å². The van der Waals surface area contributed by atoms with E-state index < -0.39 is 30.6 Å². The third kappa shape index (κ3) is 6.31. The van der Waals surface area contributed by atoms with Crippen molar-refractivity contribution >= 4 is 17.9 Å². The van der Waals surface area contributed by atoms with Crippen molar-refractivity contribution in [1.29, 1.82) is 0 Å². The number of urea groups is 1. The maximum absolute atomic E-state index is 11.9. The fourth-order valence-electron chi connectivity index (χ4n) is 1.98. The number of carbonyl (C=O) groups is 3. The number of amides is 3. The predicted molar refractivity (Wildman–Crippen MR) is 91.3 cm³/mol. The molecule has 0 saturated carbocycles. The van der Waals surface area contributed by atoms with E-state index in [1.54, 1.807) is 30.3 Å². The lowest BCUT2D eigenvalue weighted by atomic mass is 10.2. The average molecular weight is 360 g/mol. The van der Waals surface area contributed by atoms with Gasteiger partial charge in [0.15, 0.2) is 12.7 Å². The van der Waals surface area contributed by atoms with Gasteiger partial charge < -0.3 is 19.2 Å². The molecule has 0 radical (unpaired) electrons. The highest BCUT2D eigenvalue weighted by molar-refractivity contribution is 5.95. The van der Waals surface area contributed by atoms with Gasteiger partial charge in [-0.3, -0.25) is 10.1 Å². The van der Waals surface area contributed by atoms with Crippen molar-refractivity contribution in [3.63, 3.8) is 0 Å². The fraction of sp³-hybridized carbons (Fsp3) is 0.278. The predicted octanol–water partition coefficient (Wildman–Crippen LogP) is 1.92. The van der Waals surface area contributed by atoms with Gasteiger partial charge in [-0.05, 0) is 43.7 Å². The van der Waals surface area contributed by atoms with Gasteiger partial charge in [0, 0.05) is 0 Å². The van der Waals surface area contributed by atoms with Crippen molar-refractivity contribution in [2.45, 2.75) is 26.5 Å². The summed E-state index contributed by atoms with van der Waals surface area (Å²) in [6.45, 7) is 2.96. The zero-order chi connectivity index (χ0) is 18.9. The number of rotatable bonds is 7. The molecule has 1 atom stereocenters. The molecule has 138 valence electrons. The van der Waals surface area contributed by atoms with Crippen LogP contribution in [0.15, 0.2) is 47.1 Å². The Bertz CT molecular complexity index is 757. The Morgan fingerprint density at radius 1 is 1.19 bits per heavy atom. The Labute approximate surface area is 150 Å². The first-order valence-electron chi connectivity index (χ1n) is 7.94. The van der Waals surface area contributed by atoms with Gasteiger partial charge >= 0.3 is 12.0 Å². The summed E-state index contributed by atoms with van der Waals surface area (Å²) in [6.07, 6.45) is 0.580. The zero-order valence-corrected chi connectivity index (χ0v) is 14.5. The summed E-state index contributed by atoms with van der Waals surface area (Å²) >= 11 is 0. The van der Waals surface area contributed by atoms with E-state index >= 15 is 0 Å². The van der Waals surface area contributed by atoms with Crippen molar-refractivity contribution in [2.24, 2.45) is 0 Å². The Morgan fingerprint density at radius 3 is 2.69 bits per heavy atom. The summed E-state index contributed by atoms with van der Waals surface area (Å²) in [5.74, 6) is -0.395. The Balaban J connectivity index is 1.68. The molecule has 0 fully saturated rings. The first kappa shape index (κ1) is 19.0. The van der Waals surface area contributed by atoms with E-state index in [4.69, 9.17) is 13.9 Å². The minimum atomic E-state index is -0.891. The molecule has 2 N–H and O–H groups in total. The van der Waals surface area contributed by atoms with Crippen LogP contribution in [0.1, 0.15) is 18.2 Å². The van der Waals surface area contributed by atoms with Gasteiger partial charge in [-0.25, -0.2) is 9.59 Å². The largest absolute Gasteiger partial charge is 0.479 e. The molecule has 2 rings (SSSR count). The Morgan fingerprint density at radius 2 is 2.00 bits per heavy atom. The average Bonchev–Trinajstić information content (AvgIpc) is 3.11. The van der Waals surface area contributed by atoms with Gasteiger partial charge in [0.05, 0.1) is 12.8 Å². The van der Waals surface area contributed by atoms with Crippen LogP contribution in [-0.4, -0.2) is 30.6 Å². The summed E-state index contributed by atoms with van der Waals surface area (Å²) in [5.41, 5.74) is 0.989. The molecule has 0 spiro atoms. The molecule has 0 aliphatic heterocycles. The number of esters is 1. The topological polar surface area (TPSA) is 107 Å². The van der Waals surface area contributed by atoms with Crippen LogP contribution in [0.4, 0.5) is 4.79 Å². The van der Waals surface area contributed by atoms with Crippen molar-refractivity contribution in [1.82, 2.24) is 10.6 Å². The second-order valence-corrected chi connectivity index (χ2v) is 5.49. The standard InChI is InChI=1S/C18H20N2O6/c1-12-5-3-6-14(9-12)26-13(2)17(22)25-11-16(21)20-18(23)19-10-15-7-4-8-24-15/h3-9,13H,10-11H2,1-2H3,(H2,19,20,21,23)/t13-/m1/s1. The van der Waals surface area contributed by atoms with Gasteiger partial charge in [-0.15, -0.1) is 0 Å². The number of imide groups is 1. The Hall–Kier alpha value is -3.29. The number of furan rings is 1. The van der Waals surface area contributed by atoms with Crippen LogP contribution in [0.3, 0.4) is 0 Å². The fourth-order valence-corrected chi connectivity index (χ4v) is 1.98. The summed E-state index contributed by atoms with van der Waals surface area (Å²) < 4.78 is 15.3. The maximum Gasteiger partial charge on any atom is 0.347 e. The molecule has 1 aromatic heterocycles. The Kier molecular flexibility index (Phi) is 6.78. The van der Waals surface area contributed by atoms with Crippen molar-refractivity contribution < 1.29 is 28.3 Å². The molecule has 1 aromatic carbocycles. The van der Waals surface area contributed by atoms with Crippen LogP contribution < -0.4 is 15.4 Å². The second kappa shape index (κ2) is 9.26. The lowest BCUT2D eigenvalue weighted by molar-refractivity contribution is -0.154. The molecule has 3 amide bonds. The summed E-state index contributed by atoms with van der Waals surface area (Å²) in [5, 5.41) is 4.48. The third-order valence-corrected chi connectivity index (χ3v) is 3.24. The molecule has 8 heteroatoms. The van der Waals surface area contributed by atoms with Crippen LogP contribution in [0, 0.1) is 6.92 Å². The van der Waals surface area contributed by atoms with E-state index in [-0.39, 0.29) is 6.54 Å². The molecule has 0 aliphatic rings. The molecule has 0 unspecified atom stereocenters. The molecule has 0 aliphatic carbocycles. The number of nitrogens with one attached hydrogen (secondary N) is 2. The summed E-state index contributed by atoms with van der Waals surface area (Å²) in [6, 6.07) is 9.84. The molecule has 0 saturated heterocycles. The quantitative estimate of drug-likeness (QED) is 0.731. The van der Waals surface area contributed by atoms with E-state index in [1.165, 1.54) is 13.2 Å². The van der Waals surface area contributed by atoms with Gasteiger partial charge in [0.2, 0.25) is 0 Å². The lowest BCUT2D eigenvalue weighted by Crippen LogP contribution is -2.41. The van der Waals surface area contributed by atoms with E-state index in [0.29, 0.717) is 11.5 Å². The highest BCUT2D eigenvalue weighted by Gasteiger charge is 2.18. The molecule has 2 aromatic rings. The number of carbonyl (C=O) groups excluding carboxylic acids is 3. The number of ether oxygens (including phenoxy) is 2. The van der Waals surface area contributed by atoms with Crippen LogP contribution in [0.25, 0.3) is 0 Å². The molecule has 26 heavy (non-hydrogen) atoms. The molecule has 1 heterocycles. The highest BCUT2D eigenvalue weighted by Crippen LogP contribution is 2.14. The van der Waals surface area contributed by atoms with Gasteiger partial charge in [0.25, 0.3) is 5.91 Å². The second-order valence-electron chi connectivity index (χ2n) is 5.49. The first-order chi connectivity index (χ1) is 12.4. The maximum atomic E-state index is 11.9. The lowest BCUT2D eigenvalue weighted by Gasteiger charge is -2.14. The van der Waals surface area contributed by atoms with Crippen molar-refractivity contribution in [2.75, 3.05) is 6.61 Å². The zero-order valence-electron chi connectivity index (χ0n) is 14.5. The number of hydrogen-bond donors (Lipinski definition) is 2. The smallest absolute Gasteiger partial charge is 0.347 e. The minimum Gasteiger partial charge on any atom is -0.479 e.